The van der Waals surface area contributed by atoms with Gasteiger partial charge in [0.1, 0.15) is 0 Å². The van der Waals surface area contributed by atoms with E-state index in [1.807, 2.05) is 0 Å². The first-order valence-electron chi connectivity index (χ1n) is 27.5. The molecular weight excluding hydrogens is 882 g/mol. The molecule has 0 bridgehead atoms. The normalized spacial score (nSPS) is 20.2. The number of benzene rings is 7. The molecule has 11 rings (SSSR count). The maximum absolute atomic E-state index is 2.81. The highest BCUT2D eigenvalue weighted by molar-refractivity contribution is 7.00. The Kier molecular flexibility index (Phi) is 11.1. The van der Waals surface area contributed by atoms with Crippen molar-refractivity contribution in [2.75, 3.05) is 14.7 Å². The van der Waals surface area contributed by atoms with Crippen LogP contribution < -0.4 is 31.1 Å². The molecule has 73 heavy (non-hydrogen) atoms. The smallest absolute Gasteiger partial charge is 0.252 e. The quantitative estimate of drug-likeness (QED) is 0.163. The first kappa shape index (κ1) is 49.2. The molecule has 2 unspecified atom stereocenters. The van der Waals surface area contributed by atoms with Gasteiger partial charge in [-0.25, -0.2) is 0 Å². The highest BCUT2D eigenvalue weighted by Gasteiger charge is 2.62. The molecule has 0 aromatic heterocycles. The van der Waals surface area contributed by atoms with Crippen molar-refractivity contribution in [2.24, 2.45) is 5.41 Å². The highest BCUT2D eigenvalue weighted by Crippen LogP contribution is 2.65. The molecule has 0 N–H and O–H groups in total. The van der Waals surface area contributed by atoms with Gasteiger partial charge in [0, 0.05) is 56.3 Å². The van der Waals surface area contributed by atoms with Gasteiger partial charge in [-0.05, 0) is 157 Å². The largest absolute Gasteiger partial charge is 0.335 e. The average Bonchev–Trinajstić information content (AvgIpc) is 3.33. The fraction of sp³-hybridized carbons (Fsp3) is 0.391. The summed E-state index contributed by atoms with van der Waals surface area (Å²) < 4.78 is 0. The van der Waals surface area contributed by atoms with Gasteiger partial charge in [0.25, 0.3) is 6.71 Å². The molecule has 4 aliphatic rings. The van der Waals surface area contributed by atoms with Crippen LogP contribution in [0.25, 0.3) is 11.1 Å². The number of hydrogen-bond donors (Lipinski definition) is 0. The first-order valence-corrected chi connectivity index (χ1v) is 27.5. The zero-order valence-corrected chi connectivity index (χ0v) is 47.1. The molecule has 2 atom stereocenters. The second-order valence-corrected chi connectivity index (χ2v) is 27.5. The minimum Gasteiger partial charge on any atom is -0.335 e. The Balaban J connectivity index is 1.25. The van der Waals surface area contributed by atoms with Gasteiger partial charge in [-0.1, -0.05) is 202 Å². The maximum atomic E-state index is 2.81. The van der Waals surface area contributed by atoms with Crippen LogP contribution in [0, 0.1) is 5.41 Å². The lowest BCUT2D eigenvalue weighted by Crippen LogP contribution is -2.67. The van der Waals surface area contributed by atoms with Crippen LogP contribution in [-0.4, -0.2) is 12.3 Å². The third-order valence-electron chi connectivity index (χ3n) is 18.7. The Hall–Kier alpha value is -6.00. The second kappa shape index (κ2) is 16.5. The van der Waals surface area contributed by atoms with E-state index in [0.29, 0.717) is 0 Å². The number of rotatable bonds is 4. The zero-order valence-electron chi connectivity index (χ0n) is 47.1. The molecule has 4 heteroatoms. The summed E-state index contributed by atoms with van der Waals surface area (Å²) in [5.41, 5.74) is 23.1. The van der Waals surface area contributed by atoms with E-state index in [4.69, 9.17) is 0 Å². The summed E-state index contributed by atoms with van der Waals surface area (Å²) in [6.45, 7) is 38.5. The Morgan fingerprint density at radius 3 is 1.60 bits per heavy atom. The highest BCUT2D eigenvalue weighted by atomic mass is 15.3. The minimum atomic E-state index is -0.143. The number of anilines is 8. The fourth-order valence-corrected chi connectivity index (χ4v) is 13.7. The molecule has 7 aromatic rings. The summed E-state index contributed by atoms with van der Waals surface area (Å²) in [6.07, 6.45) is 4.87. The topological polar surface area (TPSA) is 9.72 Å². The van der Waals surface area contributed by atoms with Crippen LogP contribution in [0.1, 0.15) is 164 Å². The molecule has 0 radical (unpaired) electrons. The van der Waals surface area contributed by atoms with Gasteiger partial charge >= 0.3 is 0 Å². The lowest BCUT2D eigenvalue weighted by Gasteiger charge is -2.66. The number of nitrogens with zero attached hydrogens (tertiary/aromatic N) is 3. The van der Waals surface area contributed by atoms with Crippen molar-refractivity contribution < 1.29 is 0 Å². The van der Waals surface area contributed by atoms with Crippen LogP contribution >= 0.6 is 0 Å². The predicted molar refractivity (Wildman–Crippen MR) is 317 cm³/mol. The van der Waals surface area contributed by atoms with Gasteiger partial charge in [0.15, 0.2) is 0 Å². The Labute approximate surface area is 440 Å². The Bertz CT molecular complexity index is 3300. The number of hydrogen-bond acceptors (Lipinski definition) is 3. The number of fused-ring (bicyclic) bond motifs is 6. The number of para-hydroxylation sites is 1. The van der Waals surface area contributed by atoms with Crippen molar-refractivity contribution in [3.05, 3.63) is 173 Å². The lowest BCUT2D eigenvalue weighted by molar-refractivity contribution is 0.0106. The minimum absolute atomic E-state index is 0.00110. The summed E-state index contributed by atoms with van der Waals surface area (Å²) in [5, 5.41) is 0. The fourth-order valence-electron chi connectivity index (χ4n) is 13.7. The van der Waals surface area contributed by atoms with Crippen LogP contribution in [0.2, 0.25) is 0 Å². The lowest BCUT2D eigenvalue weighted by atomic mass is 9.33. The van der Waals surface area contributed by atoms with Gasteiger partial charge in [-0.2, -0.15) is 0 Å². The average molecular weight is 962 g/mol. The monoisotopic (exact) mass is 962 g/mol. The van der Waals surface area contributed by atoms with Crippen LogP contribution in [-0.2, 0) is 27.1 Å². The molecule has 3 heterocycles. The van der Waals surface area contributed by atoms with Crippen LogP contribution in [0.3, 0.4) is 0 Å². The molecule has 3 aliphatic heterocycles. The molecule has 0 spiro atoms. The van der Waals surface area contributed by atoms with E-state index in [0.717, 1.165) is 6.42 Å². The standard InChI is InChI=1S/C69H80BN3/c1-63(2,3)46-28-32-50(33-29-46)71-59-44-51(73-57-27-21-20-26-53(57)67(13,14)68(15)38-22-23-39-69(68,73)16)34-35-54(59)70-55-41-48(65(7,8)9)31-37-58(55)72(61-43-49(66(10,11)12)42-60(71)62(61)70)56-36-30-47(64(4,5)6)40-52(56)45-24-18-17-19-25-45/h17-21,24-37,40-44H,22-23,38-39H2,1-16H3. The molecule has 1 aliphatic carbocycles. The van der Waals surface area contributed by atoms with Crippen LogP contribution in [0.15, 0.2) is 146 Å². The van der Waals surface area contributed by atoms with Gasteiger partial charge in [-0.3, -0.25) is 0 Å². The van der Waals surface area contributed by atoms with Crippen LogP contribution in [0.4, 0.5) is 45.5 Å². The predicted octanol–water partition coefficient (Wildman–Crippen LogP) is 17.4. The maximum Gasteiger partial charge on any atom is 0.252 e. The molecule has 1 fully saturated rings. The third-order valence-corrected chi connectivity index (χ3v) is 18.7. The summed E-state index contributed by atoms with van der Waals surface area (Å²) in [4.78, 5) is 8.12. The van der Waals surface area contributed by atoms with Crippen molar-refractivity contribution in [2.45, 2.75) is 169 Å². The molecule has 7 aromatic carbocycles. The summed E-state index contributed by atoms with van der Waals surface area (Å²) in [6, 6.07) is 57.5. The second-order valence-electron chi connectivity index (χ2n) is 27.5. The third kappa shape index (κ3) is 7.57. The van der Waals surface area contributed by atoms with Crippen molar-refractivity contribution in [3.63, 3.8) is 0 Å². The Morgan fingerprint density at radius 2 is 0.959 bits per heavy atom. The first-order chi connectivity index (χ1) is 34.2. The van der Waals surface area contributed by atoms with Crippen LogP contribution in [0.5, 0.6) is 0 Å². The van der Waals surface area contributed by atoms with Crippen molar-refractivity contribution in [3.8, 4) is 11.1 Å². The Morgan fingerprint density at radius 1 is 0.411 bits per heavy atom. The molecule has 0 saturated heterocycles. The SMILES string of the molecule is CC(C)(C)c1ccc(N2c3cc(N4c5ccccc5C(C)(C)C5(C)CCCCC45C)ccc3B3c4cc(C(C)(C)C)ccc4N(c4ccc(C(C)(C)C)cc4-c4ccccc4)c4cc(C(C)(C)C)cc2c43)cc1. The summed E-state index contributed by atoms with van der Waals surface area (Å²) in [5.74, 6) is 0. The van der Waals surface area contributed by atoms with E-state index in [-0.39, 0.29) is 44.7 Å². The van der Waals surface area contributed by atoms with Gasteiger partial charge in [0.2, 0.25) is 0 Å². The molecule has 3 nitrogen and oxygen atoms in total. The molecule has 1 saturated carbocycles. The van der Waals surface area contributed by atoms with Crippen molar-refractivity contribution in [1.82, 2.24) is 0 Å². The van der Waals surface area contributed by atoms with Gasteiger partial charge < -0.3 is 14.7 Å². The van der Waals surface area contributed by atoms with E-state index in [9.17, 15) is 0 Å². The van der Waals surface area contributed by atoms with E-state index < -0.39 is 0 Å². The van der Waals surface area contributed by atoms with E-state index in [2.05, 4.69) is 271 Å². The van der Waals surface area contributed by atoms with E-state index in [1.54, 1.807) is 0 Å². The molecule has 0 amide bonds. The summed E-state index contributed by atoms with van der Waals surface area (Å²) >= 11 is 0. The van der Waals surface area contributed by atoms with Gasteiger partial charge in [-0.15, -0.1) is 0 Å². The van der Waals surface area contributed by atoms with E-state index in [1.165, 1.54) is 120 Å². The van der Waals surface area contributed by atoms with E-state index >= 15 is 0 Å². The molecule has 374 valence electrons. The summed E-state index contributed by atoms with van der Waals surface area (Å²) in [7, 11) is 0. The van der Waals surface area contributed by atoms with Gasteiger partial charge in [0.05, 0.1) is 5.69 Å². The van der Waals surface area contributed by atoms with Crippen molar-refractivity contribution in [1.29, 1.82) is 0 Å². The molecular formula is C69H80BN3. The van der Waals surface area contributed by atoms with Crippen molar-refractivity contribution >= 4 is 68.6 Å². The zero-order chi connectivity index (χ0) is 52.0.